The van der Waals surface area contributed by atoms with Crippen molar-refractivity contribution in [1.82, 2.24) is 10.6 Å². The van der Waals surface area contributed by atoms with E-state index >= 15 is 0 Å². The first-order valence-corrected chi connectivity index (χ1v) is 13.6. The second-order valence-corrected chi connectivity index (χ2v) is 10.0. The van der Waals surface area contributed by atoms with Crippen LogP contribution in [-0.4, -0.2) is 24.9 Å². The molecule has 0 atom stereocenters. The van der Waals surface area contributed by atoms with Crippen LogP contribution in [0.3, 0.4) is 0 Å². The molecule has 0 saturated heterocycles. The van der Waals surface area contributed by atoms with Crippen molar-refractivity contribution in [3.8, 4) is 0 Å². The van der Waals surface area contributed by atoms with Gasteiger partial charge in [-0.2, -0.15) is 26.3 Å². The molecule has 3 rings (SSSR count). The van der Waals surface area contributed by atoms with Gasteiger partial charge in [-0.25, -0.2) is 8.78 Å². The molecule has 0 unspecified atom stereocenters. The fraction of sp³-hybridized carbons (Fsp3) is 0.355. The molecule has 3 aromatic carbocycles. The molecule has 2 N–H and O–H groups in total. The summed E-state index contributed by atoms with van der Waals surface area (Å²) in [5.74, 6) is -2.10. The maximum absolute atomic E-state index is 13.4. The van der Waals surface area contributed by atoms with Crippen LogP contribution in [0.15, 0.2) is 66.7 Å². The Morgan fingerprint density at radius 2 is 1.09 bits per heavy atom. The predicted octanol–water partition coefficient (Wildman–Crippen LogP) is 8.02. The van der Waals surface area contributed by atoms with E-state index in [-0.39, 0.29) is 49.0 Å². The Kier molecular flexibility index (Phi) is 11.7. The molecule has 0 heterocycles. The van der Waals surface area contributed by atoms with E-state index in [0.717, 1.165) is 11.1 Å². The molecule has 0 aliphatic rings. The molecular formula is C31H30F8N2O2. The van der Waals surface area contributed by atoms with Gasteiger partial charge in [0.2, 0.25) is 5.91 Å². The average molecular weight is 615 g/mol. The van der Waals surface area contributed by atoms with E-state index in [0.29, 0.717) is 44.2 Å². The lowest BCUT2D eigenvalue weighted by atomic mass is 9.87. The zero-order valence-electron chi connectivity index (χ0n) is 22.9. The fourth-order valence-electron chi connectivity index (χ4n) is 4.51. The molecule has 0 radical (unpaired) electrons. The summed E-state index contributed by atoms with van der Waals surface area (Å²) in [6, 6.07) is 12.8. The number of halogens is 8. The van der Waals surface area contributed by atoms with E-state index < -0.39 is 35.0 Å². The second kappa shape index (κ2) is 15.0. The van der Waals surface area contributed by atoms with Crippen LogP contribution in [0.25, 0.3) is 0 Å². The van der Waals surface area contributed by atoms with Crippen molar-refractivity contribution in [3.05, 3.63) is 106 Å². The van der Waals surface area contributed by atoms with Crippen molar-refractivity contribution in [2.45, 2.75) is 56.8 Å². The number of benzene rings is 3. The minimum absolute atomic E-state index is 0.0134. The Bertz CT molecular complexity index is 1280. The Morgan fingerprint density at radius 3 is 1.56 bits per heavy atom. The van der Waals surface area contributed by atoms with E-state index in [9.17, 15) is 44.7 Å². The quantitative estimate of drug-likeness (QED) is 0.151. The van der Waals surface area contributed by atoms with Gasteiger partial charge in [0.25, 0.3) is 5.91 Å². The maximum atomic E-state index is 13.4. The molecule has 232 valence electrons. The maximum Gasteiger partial charge on any atom is 0.416 e. The van der Waals surface area contributed by atoms with E-state index in [1.54, 1.807) is 24.3 Å². The third kappa shape index (κ3) is 10.7. The minimum Gasteiger partial charge on any atom is -0.356 e. The number of alkyl halides is 6. The van der Waals surface area contributed by atoms with Crippen molar-refractivity contribution >= 4 is 11.8 Å². The summed E-state index contributed by atoms with van der Waals surface area (Å²) in [4.78, 5) is 24.4. The monoisotopic (exact) mass is 614 g/mol. The first kappa shape index (κ1) is 33.5. The van der Waals surface area contributed by atoms with Gasteiger partial charge >= 0.3 is 12.4 Å². The van der Waals surface area contributed by atoms with Gasteiger partial charge < -0.3 is 10.6 Å². The molecule has 0 bridgehead atoms. The standard InChI is InChI=1S/C31H30F8N2O2/c32-25-11-7-20(8-12-25)27(21-9-13-26(33)14-10-21)5-1-2-6-28(42)40-15-3-4-16-41-29(43)22-17-23(30(34,35)36)19-24(18-22)31(37,38)39/h7-14,17-19,27H,1-6,15-16H2,(H,40,42)(H,41,43). The Hall–Kier alpha value is -3.96. The molecular weight excluding hydrogens is 584 g/mol. The number of carbonyl (C=O) groups is 2. The van der Waals surface area contributed by atoms with Gasteiger partial charge in [-0.05, 0) is 79.3 Å². The van der Waals surface area contributed by atoms with Gasteiger partial charge in [-0.15, -0.1) is 0 Å². The Balaban J connectivity index is 1.38. The van der Waals surface area contributed by atoms with Gasteiger partial charge in [0, 0.05) is 31.0 Å². The molecule has 0 saturated carbocycles. The molecule has 4 nitrogen and oxygen atoms in total. The van der Waals surface area contributed by atoms with Crippen LogP contribution in [-0.2, 0) is 17.1 Å². The summed E-state index contributed by atoms with van der Waals surface area (Å²) in [6.45, 7) is 0.255. The number of carbonyl (C=O) groups excluding carboxylic acids is 2. The zero-order valence-corrected chi connectivity index (χ0v) is 22.9. The van der Waals surface area contributed by atoms with Crippen molar-refractivity contribution in [3.63, 3.8) is 0 Å². The zero-order chi connectivity index (χ0) is 31.6. The number of nitrogens with one attached hydrogen (secondary N) is 2. The third-order valence-corrected chi connectivity index (χ3v) is 6.75. The van der Waals surface area contributed by atoms with Crippen molar-refractivity contribution < 1.29 is 44.7 Å². The number of amides is 2. The van der Waals surface area contributed by atoms with Gasteiger partial charge in [0.1, 0.15) is 11.6 Å². The van der Waals surface area contributed by atoms with Gasteiger partial charge in [0.05, 0.1) is 11.1 Å². The first-order chi connectivity index (χ1) is 20.2. The van der Waals surface area contributed by atoms with Gasteiger partial charge in [-0.1, -0.05) is 30.7 Å². The van der Waals surface area contributed by atoms with E-state index in [2.05, 4.69) is 10.6 Å². The second-order valence-electron chi connectivity index (χ2n) is 10.0. The van der Waals surface area contributed by atoms with Crippen LogP contribution in [0.5, 0.6) is 0 Å². The van der Waals surface area contributed by atoms with Crippen LogP contribution in [0.1, 0.15) is 77.1 Å². The van der Waals surface area contributed by atoms with Crippen LogP contribution in [0, 0.1) is 11.6 Å². The van der Waals surface area contributed by atoms with E-state index in [1.165, 1.54) is 24.3 Å². The normalized spacial score (nSPS) is 11.9. The van der Waals surface area contributed by atoms with Gasteiger partial charge in [-0.3, -0.25) is 9.59 Å². The minimum atomic E-state index is -5.05. The Morgan fingerprint density at radius 1 is 0.628 bits per heavy atom. The smallest absolute Gasteiger partial charge is 0.356 e. The molecule has 43 heavy (non-hydrogen) atoms. The summed E-state index contributed by atoms with van der Waals surface area (Å²) in [5.41, 5.74) is -2.15. The molecule has 0 aliphatic carbocycles. The number of rotatable bonds is 13. The summed E-state index contributed by atoms with van der Waals surface area (Å²) in [7, 11) is 0. The fourth-order valence-corrected chi connectivity index (χ4v) is 4.51. The summed E-state index contributed by atoms with van der Waals surface area (Å²) < 4.78 is 105. The van der Waals surface area contributed by atoms with Crippen LogP contribution >= 0.6 is 0 Å². The highest BCUT2D eigenvalue weighted by Gasteiger charge is 2.37. The molecule has 0 spiro atoms. The molecule has 0 aliphatic heterocycles. The van der Waals surface area contributed by atoms with Crippen molar-refractivity contribution in [2.24, 2.45) is 0 Å². The topological polar surface area (TPSA) is 58.2 Å². The van der Waals surface area contributed by atoms with Gasteiger partial charge in [0.15, 0.2) is 0 Å². The van der Waals surface area contributed by atoms with E-state index in [4.69, 9.17) is 0 Å². The lowest BCUT2D eigenvalue weighted by Gasteiger charge is -2.18. The third-order valence-electron chi connectivity index (χ3n) is 6.75. The Labute approximate surface area is 243 Å². The molecule has 3 aromatic rings. The van der Waals surface area contributed by atoms with Crippen LogP contribution in [0.2, 0.25) is 0 Å². The van der Waals surface area contributed by atoms with Crippen LogP contribution in [0.4, 0.5) is 35.1 Å². The molecule has 12 heteroatoms. The average Bonchev–Trinajstić information content (AvgIpc) is 2.95. The van der Waals surface area contributed by atoms with E-state index in [1.807, 2.05) is 0 Å². The highest BCUT2D eigenvalue weighted by Crippen LogP contribution is 2.36. The number of hydrogen-bond donors (Lipinski definition) is 2. The largest absolute Gasteiger partial charge is 0.416 e. The molecule has 0 aromatic heterocycles. The number of hydrogen-bond acceptors (Lipinski definition) is 2. The van der Waals surface area contributed by atoms with Crippen LogP contribution < -0.4 is 10.6 Å². The highest BCUT2D eigenvalue weighted by molar-refractivity contribution is 5.94. The van der Waals surface area contributed by atoms with Crippen molar-refractivity contribution in [1.29, 1.82) is 0 Å². The SMILES string of the molecule is O=C(CCCCC(c1ccc(F)cc1)c1ccc(F)cc1)NCCCCNC(=O)c1cc(C(F)(F)F)cc(C(F)(F)F)c1. The summed E-state index contributed by atoms with van der Waals surface area (Å²) in [5, 5.41) is 5.03. The number of unbranched alkanes of at least 4 members (excludes halogenated alkanes) is 2. The highest BCUT2D eigenvalue weighted by atomic mass is 19.4. The summed E-state index contributed by atoms with van der Waals surface area (Å²) in [6.07, 6.45) is -7.23. The molecule has 2 amide bonds. The first-order valence-electron chi connectivity index (χ1n) is 13.6. The van der Waals surface area contributed by atoms with Crippen molar-refractivity contribution in [2.75, 3.05) is 13.1 Å². The predicted molar refractivity (Wildman–Crippen MR) is 144 cm³/mol. The summed E-state index contributed by atoms with van der Waals surface area (Å²) >= 11 is 0. The lowest BCUT2D eigenvalue weighted by molar-refractivity contribution is -0.143. The molecule has 0 fully saturated rings. The lowest BCUT2D eigenvalue weighted by Crippen LogP contribution is -2.27.